The van der Waals surface area contributed by atoms with Crippen molar-refractivity contribution in [3.8, 4) is 11.5 Å². The minimum Gasteiger partial charge on any atom is -0.490 e. The van der Waals surface area contributed by atoms with Gasteiger partial charge >= 0.3 is 5.97 Å². The molecule has 1 aliphatic rings. The molecule has 1 heterocycles. The fraction of sp³-hybridized carbons (Fsp3) is 0.154. The number of cyclic esters (lactones) is 1. The highest BCUT2D eigenvalue weighted by Crippen LogP contribution is 2.38. The maximum absolute atomic E-state index is 12.4. The van der Waals surface area contributed by atoms with Gasteiger partial charge in [-0.2, -0.15) is 0 Å². The number of benzene rings is 3. The molecule has 0 aliphatic carbocycles. The highest BCUT2D eigenvalue weighted by molar-refractivity contribution is 9.10. The number of nitrogens with zero attached hydrogens (tertiary/aromatic N) is 1. The molecule has 0 saturated carbocycles. The Bertz CT molecular complexity index is 1270. The molecule has 0 fully saturated rings. The maximum Gasteiger partial charge on any atom is 0.363 e. The van der Waals surface area contributed by atoms with E-state index in [-0.39, 0.29) is 5.70 Å². The first-order chi connectivity index (χ1) is 15.9. The lowest BCUT2D eigenvalue weighted by atomic mass is 10.1. The van der Waals surface area contributed by atoms with E-state index in [1.54, 1.807) is 6.08 Å². The molecule has 0 saturated heterocycles. The normalized spacial score (nSPS) is 14.2. The van der Waals surface area contributed by atoms with Gasteiger partial charge in [-0.15, -0.1) is 0 Å². The van der Waals surface area contributed by atoms with Crippen molar-refractivity contribution in [2.75, 3.05) is 6.61 Å². The quantitative estimate of drug-likeness (QED) is 0.230. The number of halogens is 2. The van der Waals surface area contributed by atoms with E-state index >= 15 is 0 Å². The summed E-state index contributed by atoms with van der Waals surface area (Å²) < 4.78 is 19.0. The molecule has 0 atom stereocenters. The zero-order chi connectivity index (χ0) is 23.4. The molecule has 1 aliphatic heterocycles. The number of aliphatic imine (C=N–C) groups is 1. The Balaban J connectivity index is 1.62. The van der Waals surface area contributed by atoms with Gasteiger partial charge in [0.2, 0.25) is 5.90 Å². The summed E-state index contributed by atoms with van der Waals surface area (Å²) in [7, 11) is 0. The lowest BCUT2D eigenvalue weighted by molar-refractivity contribution is -0.129. The highest BCUT2D eigenvalue weighted by atomic mass is 79.9. The molecule has 3 aromatic rings. The van der Waals surface area contributed by atoms with Crippen LogP contribution in [-0.4, -0.2) is 18.5 Å². The average molecular weight is 571 g/mol. The molecule has 4 rings (SSSR count). The molecule has 0 bridgehead atoms. The Morgan fingerprint density at radius 2 is 1.85 bits per heavy atom. The highest BCUT2D eigenvalue weighted by Gasteiger charge is 2.25. The number of carbonyl (C=O) groups excluding carboxylic acids is 1. The van der Waals surface area contributed by atoms with Crippen LogP contribution >= 0.6 is 31.9 Å². The Morgan fingerprint density at radius 3 is 2.61 bits per heavy atom. The van der Waals surface area contributed by atoms with Crippen molar-refractivity contribution in [3.05, 3.63) is 97.6 Å². The Morgan fingerprint density at radius 1 is 1.03 bits per heavy atom. The summed E-state index contributed by atoms with van der Waals surface area (Å²) in [5.74, 6) is 0.986. The predicted octanol–water partition coefficient (Wildman–Crippen LogP) is 6.84. The number of rotatable bonds is 7. The third kappa shape index (κ3) is 5.54. The Kier molecular flexibility index (Phi) is 7.30. The van der Waals surface area contributed by atoms with Crippen LogP contribution in [0.25, 0.3) is 6.08 Å². The van der Waals surface area contributed by atoms with E-state index in [9.17, 15) is 4.79 Å². The van der Waals surface area contributed by atoms with Gasteiger partial charge in [0.1, 0.15) is 6.61 Å². The SMILES string of the molecule is CCOc1cc(/C=C2\N=C(c3ccccc3C)OC2=O)cc(Br)c1OCc1cccc(Br)c1. The molecule has 168 valence electrons. The first-order valence-electron chi connectivity index (χ1n) is 10.4. The fourth-order valence-corrected chi connectivity index (χ4v) is 4.37. The zero-order valence-corrected chi connectivity index (χ0v) is 21.3. The monoisotopic (exact) mass is 569 g/mol. The summed E-state index contributed by atoms with van der Waals surface area (Å²) in [6.45, 7) is 4.71. The summed E-state index contributed by atoms with van der Waals surface area (Å²) in [5, 5.41) is 0. The first-order valence-corrected chi connectivity index (χ1v) is 12.0. The largest absolute Gasteiger partial charge is 0.490 e. The number of ether oxygens (including phenoxy) is 3. The molecule has 7 heteroatoms. The minimum atomic E-state index is -0.489. The molecule has 0 radical (unpaired) electrons. The molecule has 0 amide bonds. The molecule has 3 aromatic carbocycles. The molecule has 0 N–H and O–H groups in total. The summed E-state index contributed by atoms with van der Waals surface area (Å²) in [6.07, 6.45) is 1.68. The Labute approximate surface area is 209 Å². The second-order valence-corrected chi connectivity index (χ2v) is 9.10. The number of esters is 1. The maximum atomic E-state index is 12.4. The molecule has 33 heavy (non-hydrogen) atoms. The smallest absolute Gasteiger partial charge is 0.363 e. The van der Waals surface area contributed by atoms with E-state index in [4.69, 9.17) is 14.2 Å². The van der Waals surface area contributed by atoms with Crippen molar-refractivity contribution in [2.45, 2.75) is 20.5 Å². The van der Waals surface area contributed by atoms with Crippen molar-refractivity contribution >= 4 is 49.8 Å². The van der Waals surface area contributed by atoms with Crippen LogP contribution in [0.1, 0.15) is 29.2 Å². The van der Waals surface area contributed by atoms with Crippen LogP contribution in [0.4, 0.5) is 0 Å². The fourth-order valence-electron chi connectivity index (χ4n) is 3.35. The van der Waals surface area contributed by atoms with Gasteiger partial charge in [-0.05, 0) is 82.9 Å². The molecule has 0 spiro atoms. The number of aryl methyl sites for hydroxylation is 1. The minimum absolute atomic E-state index is 0.227. The lowest BCUT2D eigenvalue weighted by Gasteiger charge is -2.15. The van der Waals surface area contributed by atoms with Gasteiger partial charge in [0.25, 0.3) is 0 Å². The molecular formula is C26H21Br2NO4. The third-order valence-electron chi connectivity index (χ3n) is 4.90. The van der Waals surface area contributed by atoms with Gasteiger partial charge in [-0.3, -0.25) is 0 Å². The van der Waals surface area contributed by atoms with Crippen LogP contribution < -0.4 is 9.47 Å². The topological polar surface area (TPSA) is 57.1 Å². The Hall–Kier alpha value is -2.90. The van der Waals surface area contributed by atoms with Crippen LogP contribution in [0.2, 0.25) is 0 Å². The molecule has 0 aromatic heterocycles. The second-order valence-electron chi connectivity index (χ2n) is 7.33. The number of hydrogen-bond acceptors (Lipinski definition) is 5. The second kappa shape index (κ2) is 10.4. The van der Waals surface area contributed by atoms with Gasteiger partial charge in [-0.1, -0.05) is 46.3 Å². The molecule has 5 nitrogen and oxygen atoms in total. The van der Waals surface area contributed by atoms with E-state index in [2.05, 4.69) is 36.9 Å². The van der Waals surface area contributed by atoms with Gasteiger partial charge in [0, 0.05) is 10.0 Å². The van der Waals surface area contributed by atoms with Crippen molar-refractivity contribution < 1.29 is 19.0 Å². The van der Waals surface area contributed by atoms with E-state index in [1.807, 2.05) is 74.5 Å². The van der Waals surface area contributed by atoms with Crippen LogP contribution in [0, 0.1) is 6.92 Å². The van der Waals surface area contributed by atoms with Crippen molar-refractivity contribution in [2.24, 2.45) is 4.99 Å². The van der Waals surface area contributed by atoms with Gasteiger partial charge in [0.15, 0.2) is 17.2 Å². The van der Waals surface area contributed by atoms with E-state index in [0.717, 1.165) is 26.7 Å². The van der Waals surface area contributed by atoms with Gasteiger partial charge in [0.05, 0.1) is 11.1 Å². The molecule has 0 unspecified atom stereocenters. The van der Waals surface area contributed by atoms with Gasteiger partial charge in [-0.25, -0.2) is 9.79 Å². The van der Waals surface area contributed by atoms with E-state index in [1.165, 1.54) is 0 Å². The zero-order valence-electron chi connectivity index (χ0n) is 18.1. The first kappa shape index (κ1) is 23.3. The van der Waals surface area contributed by atoms with Gasteiger partial charge < -0.3 is 14.2 Å². The number of hydrogen-bond donors (Lipinski definition) is 0. The van der Waals surface area contributed by atoms with Crippen LogP contribution in [0.15, 0.2) is 80.3 Å². The van der Waals surface area contributed by atoms with Crippen molar-refractivity contribution in [3.63, 3.8) is 0 Å². The van der Waals surface area contributed by atoms with Crippen LogP contribution in [0.5, 0.6) is 11.5 Å². The standard InChI is InChI=1S/C26H21Br2NO4/c1-3-31-23-14-18(12-21(28)24(23)32-15-17-8-6-9-19(27)11-17)13-22-26(30)33-25(29-22)20-10-5-4-7-16(20)2/h4-14H,3,15H2,1-2H3/b22-13-. The predicted molar refractivity (Wildman–Crippen MR) is 136 cm³/mol. The summed E-state index contributed by atoms with van der Waals surface area (Å²) in [5.41, 5.74) is 3.77. The lowest BCUT2D eigenvalue weighted by Crippen LogP contribution is -2.06. The van der Waals surface area contributed by atoms with Crippen LogP contribution in [0.3, 0.4) is 0 Å². The summed E-state index contributed by atoms with van der Waals surface area (Å²) in [6, 6.07) is 19.3. The summed E-state index contributed by atoms with van der Waals surface area (Å²) in [4.78, 5) is 16.9. The average Bonchev–Trinajstić information content (AvgIpc) is 3.13. The van der Waals surface area contributed by atoms with Crippen LogP contribution in [-0.2, 0) is 16.1 Å². The molecular weight excluding hydrogens is 550 g/mol. The summed E-state index contributed by atoms with van der Waals surface area (Å²) >= 11 is 7.06. The van der Waals surface area contributed by atoms with E-state index in [0.29, 0.717) is 35.1 Å². The van der Waals surface area contributed by atoms with Crippen molar-refractivity contribution in [1.29, 1.82) is 0 Å². The third-order valence-corrected chi connectivity index (χ3v) is 5.99. The number of carbonyl (C=O) groups is 1. The van der Waals surface area contributed by atoms with Crippen molar-refractivity contribution in [1.82, 2.24) is 0 Å². The van der Waals surface area contributed by atoms with E-state index < -0.39 is 5.97 Å².